The van der Waals surface area contributed by atoms with E-state index in [1.165, 1.54) is 10.1 Å². The van der Waals surface area contributed by atoms with E-state index >= 15 is 0 Å². The molecule has 0 radical (unpaired) electrons. The van der Waals surface area contributed by atoms with Crippen molar-refractivity contribution in [2.24, 2.45) is 7.05 Å². The van der Waals surface area contributed by atoms with E-state index in [9.17, 15) is 19.8 Å². The third kappa shape index (κ3) is 4.95. The number of nitrogens with zero attached hydrogens (tertiary/aromatic N) is 4. The van der Waals surface area contributed by atoms with Crippen LogP contribution in [0.2, 0.25) is 0 Å². The van der Waals surface area contributed by atoms with Gasteiger partial charge in [0, 0.05) is 43.0 Å². The largest absolute Gasteiger partial charge is 0.392 e. The van der Waals surface area contributed by atoms with Crippen LogP contribution in [0.15, 0.2) is 71.8 Å². The normalized spacial score (nSPS) is 15.1. The summed E-state index contributed by atoms with van der Waals surface area (Å²) in [6.45, 7) is 7.75. The lowest BCUT2D eigenvalue weighted by molar-refractivity contribution is 0.0996. The SMILES string of the molecule is Cn1cc(-c2cccc(N3Cc4cc(C(C)(C)C)ccc4C3=O)c2CO)cc(Nc2ccc(N3CC(O)C3)cn2)c1=O. The third-order valence-electron chi connectivity index (χ3n) is 8.11. The number of anilines is 4. The van der Waals surface area contributed by atoms with Crippen LogP contribution < -0.4 is 20.7 Å². The maximum absolute atomic E-state index is 13.5. The molecule has 9 heteroatoms. The number of fused-ring (bicyclic) bond motifs is 1. The van der Waals surface area contributed by atoms with Gasteiger partial charge in [-0.1, -0.05) is 45.0 Å². The molecule has 2 aromatic heterocycles. The number of aliphatic hydroxyl groups is 2. The first-order valence-corrected chi connectivity index (χ1v) is 14.1. The number of hydrogen-bond acceptors (Lipinski definition) is 7. The van der Waals surface area contributed by atoms with Gasteiger partial charge < -0.3 is 29.9 Å². The molecule has 3 N–H and O–H groups in total. The zero-order valence-corrected chi connectivity index (χ0v) is 24.3. The highest BCUT2D eigenvalue weighted by molar-refractivity contribution is 6.10. The molecule has 0 bridgehead atoms. The number of aryl methyl sites for hydroxylation is 1. The topological polar surface area (TPSA) is 111 Å². The highest BCUT2D eigenvalue weighted by Crippen LogP contribution is 2.37. The Kier molecular flexibility index (Phi) is 6.87. The van der Waals surface area contributed by atoms with Gasteiger partial charge in [0.25, 0.3) is 11.5 Å². The van der Waals surface area contributed by atoms with Crippen LogP contribution in [0.25, 0.3) is 11.1 Å². The van der Waals surface area contributed by atoms with Crippen molar-refractivity contribution < 1.29 is 15.0 Å². The molecule has 0 saturated carbocycles. The predicted octanol–water partition coefficient (Wildman–Crippen LogP) is 4.32. The number of β-amino-alcohol motifs (C(OH)–C–C–N with tert-alkyl or cyclic N) is 1. The Hall–Kier alpha value is -4.47. The fourth-order valence-electron chi connectivity index (χ4n) is 5.65. The van der Waals surface area contributed by atoms with Crippen LogP contribution in [0, 0.1) is 0 Å². The molecule has 0 spiro atoms. The van der Waals surface area contributed by atoms with Crippen LogP contribution in [0.3, 0.4) is 0 Å². The summed E-state index contributed by atoms with van der Waals surface area (Å²) in [6.07, 6.45) is 3.13. The van der Waals surface area contributed by atoms with Gasteiger partial charge in [-0.05, 0) is 52.4 Å². The van der Waals surface area contributed by atoms with Crippen molar-refractivity contribution in [3.8, 4) is 11.1 Å². The number of aliphatic hydroxyl groups excluding tert-OH is 2. The summed E-state index contributed by atoms with van der Waals surface area (Å²) in [7, 11) is 1.68. The lowest BCUT2D eigenvalue weighted by Gasteiger charge is -2.37. The van der Waals surface area contributed by atoms with E-state index < -0.39 is 0 Å². The van der Waals surface area contributed by atoms with E-state index in [1.54, 1.807) is 36.5 Å². The van der Waals surface area contributed by atoms with Gasteiger partial charge >= 0.3 is 0 Å². The second-order valence-electron chi connectivity index (χ2n) is 12.1. The highest BCUT2D eigenvalue weighted by Gasteiger charge is 2.32. The summed E-state index contributed by atoms with van der Waals surface area (Å²) in [5.74, 6) is 0.419. The van der Waals surface area contributed by atoms with E-state index in [4.69, 9.17) is 0 Å². The van der Waals surface area contributed by atoms with Crippen molar-refractivity contribution in [2.75, 3.05) is 28.2 Å². The van der Waals surface area contributed by atoms with Crippen molar-refractivity contribution in [1.82, 2.24) is 9.55 Å². The fourth-order valence-corrected chi connectivity index (χ4v) is 5.65. The van der Waals surface area contributed by atoms with E-state index in [2.05, 4.69) is 37.1 Å². The number of carbonyl (C=O) groups is 1. The van der Waals surface area contributed by atoms with Gasteiger partial charge in [-0.15, -0.1) is 0 Å². The van der Waals surface area contributed by atoms with Crippen LogP contribution in [-0.2, 0) is 25.6 Å². The van der Waals surface area contributed by atoms with E-state index in [-0.39, 0.29) is 29.6 Å². The van der Waals surface area contributed by atoms with Crippen LogP contribution in [-0.4, -0.2) is 44.9 Å². The standard InChI is InChI=1S/C33H35N5O4/c1-33(2,3)22-8-10-26-20(12-22)16-38(31(26)41)29-7-5-6-25(27(29)19-39)21-13-28(32(42)36(4)15-21)35-30-11-9-23(14-34-30)37-17-24(40)18-37/h5-15,24,39-40H,16-19H2,1-4H3,(H,34,35). The molecule has 0 aliphatic carbocycles. The van der Waals surface area contributed by atoms with Gasteiger partial charge in [0.1, 0.15) is 11.5 Å². The molecule has 6 rings (SSSR count). The van der Waals surface area contributed by atoms with Crippen LogP contribution in [0.5, 0.6) is 0 Å². The molecule has 9 nitrogen and oxygen atoms in total. The minimum absolute atomic E-state index is 0.0354. The van der Waals surface area contributed by atoms with E-state index in [0.29, 0.717) is 48.0 Å². The van der Waals surface area contributed by atoms with Crippen LogP contribution >= 0.6 is 0 Å². The van der Waals surface area contributed by atoms with Crippen molar-refractivity contribution >= 4 is 28.8 Å². The molecule has 2 aliphatic rings. The minimum atomic E-state index is -0.309. The summed E-state index contributed by atoms with van der Waals surface area (Å²) in [5, 5.41) is 23.3. The summed E-state index contributed by atoms with van der Waals surface area (Å²) < 4.78 is 1.49. The van der Waals surface area contributed by atoms with Gasteiger partial charge in [-0.3, -0.25) is 9.59 Å². The molecule has 1 fully saturated rings. The summed E-state index contributed by atoms with van der Waals surface area (Å²) in [5.41, 5.74) is 6.50. The van der Waals surface area contributed by atoms with Crippen LogP contribution in [0.4, 0.5) is 22.9 Å². The molecule has 4 aromatic rings. The number of amides is 1. The number of hydrogen-bond donors (Lipinski definition) is 3. The van der Waals surface area contributed by atoms with Gasteiger partial charge in [0.05, 0.1) is 36.8 Å². The molecule has 4 heterocycles. The first-order chi connectivity index (χ1) is 20.0. The maximum Gasteiger partial charge on any atom is 0.274 e. The zero-order chi connectivity index (χ0) is 29.8. The number of pyridine rings is 2. The number of rotatable bonds is 6. The second-order valence-corrected chi connectivity index (χ2v) is 12.1. The fraction of sp³-hybridized carbons (Fsp3) is 0.303. The lowest BCUT2D eigenvalue weighted by atomic mass is 9.85. The first kappa shape index (κ1) is 27.7. The average Bonchev–Trinajstić information content (AvgIpc) is 3.28. The molecule has 2 aliphatic heterocycles. The summed E-state index contributed by atoms with van der Waals surface area (Å²) >= 11 is 0. The van der Waals surface area contributed by atoms with Crippen molar-refractivity contribution in [3.05, 3.63) is 99.6 Å². The predicted molar refractivity (Wildman–Crippen MR) is 164 cm³/mol. The van der Waals surface area contributed by atoms with Gasteiger partial charge in [0.15, 0.2) is 0 Å². The first-order valence-electron chi connectivity index (χ1n) is 14.1. The summed E-state index contributed by atoms with van der Waals surface area (Å²) in [6, 6.07) is 17.1. The Bertz CT molecular complexity index is 1730. The molecule has 2 aromatic carbocycles. The Morgan fingerprint density at radius 2 is 1.81 bits per heavy atom. The van der Waals surface area contributed by atoms with Crippen molar-refractivity contribution in [2.45, 2.75) is 45.4 Å². The maximum atomic E-state index is 13.5. The number of aromatic nitrogens is 2. The Labute approximate surface area is 244 Å². The van der Waals surface area contributed by atoms with Crippen molar-refractivity contribution in [1.29, 1.82) is 0 Å². The molecule has 1 saturated heterocycles. The number of nitrogens with one attached hydrogen (secondary N) is 1. The van der Waals surface area contributed by atoms with Crippen molar-refractivity contribution in [3.63, 3.8) is 0 Å². The molecule has 0 unspecified atom stereocenters. The van der Waals surface area contributed by atoms with Gasteiger partial charge in [-0.25, -0.2) is 4.98 Å². The van der Waals surface area contributed by atoms with E-state index in [1.807, 2.05) is 41.3 Å². The smallest absolute Gasteiger partial charge is 0.274 e. The Balaban J connectivity index is 1.32. The second kappa shape index (κ2) is 10.4. The molecular formula is C33H35N5O4. The van der Waals surface area contributed by atoms with E-state index in [0.717, 1.165) is 22.4 Å². The zero-order valence-electron chi connectivity index (χ0n) is 24.3. The molecule has 1 amide bonds. The molecular weight excluding hydrogens is 530 g/mol. The third-order valence-corrected chi connectivity index (χ3v) is 8.11. The van der Waals surface area contributed by atoms with Gasteiger partial charge in [-0.2, -0.15) is 0 Å². The van der Waals surface area contributed by atoms with Gasteiger partial charge in [0.2, 0.25) is 0 Å². The monoisotopic (exact) mass is 565 g/mol. The number of benzene rings is 2. The Morgan fingerprint density at radius 3 is 2.48 bits per heavy atom. The Morgan fingerprint density at radius 1 is 1.02 bits per heavy atom. The molecule has 216 valence electrons. The number of carbonyl (C=O) groups excluding carboxylic acids is 1. The average molecular weight is 566 g/mol. The lowest BCUT2D eigenvalue weighted by Crippen LogP contribution is -2.50. The minimum Gasteiger partial charge on any atom is -0.392 e. The molecule has 42 heavy (non-hydrogen) atoms. The molecule has 0 atom stereocenters. The quantitative estimate of drug-likeness (QED) is 0.319. The van der Waals surface area contributed by atoms with Crippen LogP contribution in [0.1, 0.15) is 47.8 Å². The summed E-state index contributed by atoms with van der Waals surface area (Å²) in [4.78, 5) is 34.8. The highest BCUT2D eigenvalue weighted by atomic mass is 16.3.